The number of aromatic nitrogens is 1. The van der Waals surface area contributed by atoms with Gasteiger partial charge >= 0.3 is 0 Å². The number of ketones is 1. The summed E-state index contributed by atoms with van der Waals surface area (Å²) in [6, 6.07) is 3.46. The standard InChI is InChI=1S/C12H14N2O/c1-4-6-13-9(2)12-8-11(10(3)15)5-7-14-12/h4-8H,1-3H3/b6-4-,13-9?. The molecule has 78 valence electrons. The molecule has 0 amide bonds. The van der Waals surface area contributed by atoms with Gasteiger partial charge in [-0.3, -0.25) is 14.8 Å². The van der Waals surface area contributed by atoms with Crippen molar-refractivity contribution in [3.05, 3.63) is 41.9 Å². The lowest BCUT2D eigenvalue weighted by Gasteiger charge is -2.00. The van der Waals surface area contributed by atoms with E-state index < -0.39 is 0 Å². The molecule has 3 nitrogen and oxygen atoms in total. The second kappa shape index (κ2) is 5.20. The number of hydrogen-bond acceptors (Lipinski definition) is 3. The number of rotatable bonds is 3. The summed E-state index contributed by atoms with van der Waals surface area (Å²) in [5.41, 5.74) is 2.20. The maximum Gasteiger partial charge on any atom is 0.159 e. The van der Waals surface area contributed by atoms with E-state index in [0.717, 1.165) is 11.4 Å². The fraction of sp³-hybridized carbons (Fsp3) is 0.250. The Balaban J connectivity index is 3.05. The van der Waals surface area contributed by atoms with Crippen molar-refractivity contribution >= 4 is 11.5 Å². The molecule has 0 aliphatic carbocycles. The molecule has 1 aromatic rings. The summed E-state index contributed by atoms with van der Waals surface area (Å²) < 4.78 is 0. The predicted octanol–water partition coefficient (Wildman–Crippen LogP) is 2.63. The van der Waals surface area contributed by atoms with Crippen molar-refractivity contribution < 1.29 is 4.79 Å². The van der Waals surface area contributed by atoms with Gasteiger partial charge in [-0.25, -0.2) is 0 Å². The van der Waals surface area contributed by atoms with E-state index in [9.17, 15) is 4.79 Å². The zero-order valence-electron chi connectivity index (χ0n) is 9.19. The number of carbonyl (C=O) groups excluding carboxylic acids is 1. The van der Waals surface area contributed by atoms with E-state index in [1.54, 1.807) is 24.5 Å². The van der Waals surface area contributed by atoms with Crippen LogP contribution in [-0.2, 0) is 0 Å². The highest BCUT2D eigenvalue weighted by molar-refractivity contribution is 6.00. The van der Waals surface area contributed by atoms with Gasteiger partial charge in [0.05, 0.1) is 11.4 Å². The monoisotopic (exact) mass is 202 g/mol. The minimum atomic E-state index is 0.0393. The van der Waals surface area contributed by atoms with Crippen LogP contribution in [0.5, 0.6) is 0 Å². The predicted molar refractivity (Wildman–Crippen MR) is 61.3 cm³/mol. The van der Waals surface area contributed by atoms with Crippen molar-refractivity contribution in [3.8, 4) is 0 Å². The largest absolute Gasteiger partial charge is 0.295 e. The van der Waals surface area contributed by atoms with Crippen LogP contribution in [0.4, 0.5) is 0 Å². The lowest BCUT2D eigenvalue weighted by Crippen LogP contribution is -2.01. The van der Waals surface area contributed by atoms with E-state index in [1.807, 2.05) is 19.9 Å². The average Bonchev–Trinajstić information content (AvgIpc) is 2.26. The average molecular weight is 202 g/mol. The van der Waals surface area contributed by atoms with E-state index in [4.69, 9.17) is 0 Å². The van der Waals surface area contributed by atoms with Crippen LogP contribution in [0.15, 0.2) is 35.6 Å². The number of Topliss-reactive ketones (excluding diaryl/α,β-unsaturated/α-hetero) is 1. The first-order valence-corrected chi connectivity index (χ1v) is 4.78. The summed E-state index contributed by atoms with van der Waals surface area (Å²) in [5, 5.41) is 0. The molecule has 15 heavy (non-hydrogen) atoms. The molecule has 0 saturated carbocycles. The van der Waals surface area contributed by atoms with Gasteiger partial charge in [0.15, 0.2) is 5.78 Å². The van der Waals surface area contributed by atoms with Crippen molar-refractivity contribution in [1.29, 1.82) is 0 Å². The lowest BCUT2D eigenvalue weighted by molar-refractivity contribution is 0.101. The molecule has 0 atom stereocenters. The molecule has 0 saturated heterocycles. The number of hydrogen-bond donors (Lipinski definition) is 0. The third kappa shape index (κ3) is 3.13. The highest BCUT2D eigenvalue weighted by atomic mass is 16.1. The first kappa shape index (κ1) is 11.3. The quantitative estimate of drug-likeness (QED) is 0.558. The summed E-state index contributed by atoms with van der Waals surface area (Å²) >= 11 is 0. The number of nitrogens with zero attached hydrogens (tertiary/aromatic N) is 2. The molecule has 0 aliphatic rings. The maximum atomic E-state index is 11.2. The molecule has 1 heterocycles. The van der Waals surface area contributed by atoms with Gasteiger partial charge in [0.25, 0.3) is 0 Å². The van der Waals surface area contributed by atoms with E-state index in [-0.39, 0.29) is 5.78 Å². The lowest BCUT2D eigenvalue weighted by atomic mass is 10.1. The van der Waals surface area contributed by atoms with Crippen LogP contribution < -0.4 is 0 Å². The summed E-state index contributed by atoms with van der Waals surface area (Å²) in [6.07, 6.45) is 5.18. The molecule has 0 radical (unpaired) electrons. The normalized spacial score (nSPS) is 12.1. The smallest absolute Gasteiger partial charge is 0.159 e. The Morgan fingerprint density at radius 2 is 2.20 bits per heavy atom. The Bertz CT molecular complexity index is 419. The van der Waals surface area contributed by atoms with Crippen molar-refractivity contribution in [1.82, 2.24) is 4.98 Å². The van der Waals surface area contributed by atoms with Gasteiger partial charge in [-0.15, -0.1) is 0 Å². The third-order valence-electron chi connectivity index (χ3n) is 1.95. The Morgan fingerprint density at radius 1 is 1.47 bits per heavy atom. The SMILES string of the molecule is C/C=C\N=C(C)c1cc(C(C)=O)ccn1. The molecule has 0 spiro atoms. The Morgan fingerprint density at radius 3 is 2.80 bits per heavy atom. The minimum absolute atomic E-state index is 0.0393. The van der Waals surface area contributed by atoms with Gasteiger partial charge in [-0.2, -0.15) is 0 Å². The molecule has 0 N–H and O–H groups in total. The van der Waals surface area contributed by atoms with Crippen LogP contribution in [0.1, 0.15) is 36.8 Å². The Labute approximate surface area is 89.6 Å². The molecule has 0 aliphatic heterocycles. The maximum absolute atomic E-state index is 11.2. The third-order valence-corrected chi connectivity index (χ3v) is 1.95. The highest BCUT2D eigenvalue weighted by Gasteiger charge is 2.03. The number of pyridine rings is 1. The highest BCUT2D eigenvalue weighted by Crippen LogP contribution is 2.04. The van der Waals surface area contributed by atoms with Crippen LogP contribution in [0.25, 0.3) is 0 Å². The molecule has 3 heteroatoms. The minimum Gasteiger partial charge on any atom is -0.295 e. The van der Waals surface area contributed by atoms with E-state index in [2.05, 4.69) is 9.98 Å². The summed E-state index contributed by atoms with van der Waals surface area (Å²) in [4.78, 5) is 19.5. The van der Waals surface area contributed by atoms with Crippen molar-refractivity contribution in [2.45, 2.75) is 20.8 Å². The summed E-state index contributed by atoms with van der Waals surface area (Å²) in [6.45, 7) is 5.31. The number of aliphatic imine (C=N–C) groups is 1. The molecule has 0 fully saturated rings. The topological polar surface area (TPSA) is 42.3 Å². The second-order valence-electron chi connectivity index (χ2n) is 3.18. The summed E-state index contributed by atoms with van der Waals surface area (Å²) in [5.74, 6) is 0.0393. The van der Waals surface area contributed by atoms with Crippen molar-refractivity contribution in [2.75, 3.05) is 0 Å². The van der Waals surface area contributed by atoms with E-state index in [1.165, 1.54) is 6.92 Å². The zero-order chi connectivity index (χ0) is 11.3. The zero-order valence-corrected chi connectivity index (χ0v) is 9.19. The molecule has 1 aromatic heterocycles. The molecular formula is C12H14N2O. The summed E-state index contributed by atoms with van der Waals surface area (Å²) in [7, 11) is 0. The first-order valence-electron chi connectivity index (χ1n) is 4.78. The van der Waals surface area contributed by atoms with E-state index in [0.29, 0.717) is 5.56 Å². The molecule has 0 aromatic carbocycles. The fourth-order valence-electron chi connectivity index (χ4n) is 1.10. The molecule has 1 rings (SSSR count). The van der Waals surface area contributed by atoms with Crippen LogP contribution in [-0.4, -0.2) is 16.5 Å². The van der Waals surface area contributed by atoms with Gasteiger partial charge < -0.3 is 0 Å². The fourth-order valence-corrected chi connectivity index (χ4v) is 1.10. The van der Waals surface area contributed by atoms with Crippen LogP contribution in [0.2, 0.25) is 0 Å². The van der Waals surface area contributed by atoms with Gasteiger partial charge in [-0.05, 0) is 32.9 Å². The van der Waals surface area contributed by atoms with Crippen LogP contribution in [0, 0.1) is 0 Å². The second-order valence-corrected chi connectivity index (χ2v) is 3.18. The first-order chi connectivity index (χ1) is 7.15. The number of allylic oxidation sites excluding steroid dienone is 1. The Kier molecular flexibility index (Phi) is 3.92. The Hall–Kier alpha value is -1.77. The van der Waals surface area contributed by atoms with Gasteiger partial charge in [-0.1, -0.05) is 6.08 Å². The van der Waals surface area contributed by atoms with Crippen LogP contribution >= 0.6 is 0 Å². The van der Waals surface area contributed by atoms with E-state index >= 15 is 0 Å². The van der Waals surface area contributed by atoms with Crippen molar-refractivity contribution in [2.24, 2.45) is 4.99 Å². The van der Waals surface area contributed by atoms with Crippen molar-refractivity contribution in [3.63, 3.8) is 0 Å². The van der Waals surface area contributed by atoms with Gasteiger partial charge in [0, 0.05) is 18.0 Å². The van der Waals surface area contributed by atoms with Crippen LogP contribution in [0.3, 0.4) is 0 Å². The number of carbonyl (C=O) groups is 1. The molecule has 0 unspecified atom stereocenters. The molecular weight excluding hydrogens is 188 g/mol. The van der Waals surface area contributed by atoms with Gasteiger partial charge in [0.2, 0.25) is 0 Å². The van der Waals surface area contributed by atoms with Gasteiger partial charge in [0.1, 0.15) is 0 Å². The molecule has 0 bridgehead atoms.